The highest BCUT2D eigenvalue weighted by atomic mass is 14.2. The molecule has 0 saturated carbocycles. The van der Waals surface area contributed by atoms with Crippen molar-refractivity contribution in [3.8, 4) is 0 Å². The number of benzene rings is 2. The minimum absolute atomic E-state index is 0.0858. The maximum Gasteiger partial charge on any atom is 0.0146 e. The molecule has 0 aliphatic heterocycles. The monoisotopic (exact) mass is 270 g/mol. The summed E-state index contributed by atoms with van der Waals surface area (Å²) in [6.45, 7) is 12.8. The molecule has 0 spiro atoms. The standard InChI is InChI=1S/C15H16.C3H8.C2H6/c1-15(2,13-9-5-3-6-10-13)14-11-7-4-8-12-14;1-3-2;1-2/h3-12H,1-2H3;3H2,1-2H3;1-2H3. The third-order valence-corrected chi connectivity index (χ3v) is 2.99. The van der Waals surface area contributed by atoms with E-state index in [4.69, 9.17) is 0 Å². The zero-order valence-corrected chi connectivity index (χ0v) is 14.0. The van der Waals surface area contributed by atoms with Gasteiger partial charge < -0.3 is 0 Å². The van der Waals surface area contributed by atoms with E-state index >= 15 is 0 Å². The molecule has 20 heavy (non-hydrogen) atoms. The lowest BCUT2D eigenvalue weighted by Crippen LogP contribution is -2.18. The minimum Gasteiger partial charge on any atom is -0.0683 e. The SMILES string of the molecule is CC.CC(C)(c1ccccc1)c1ccccc1.CCC. The van der Waals surface area contributed by atoms with Gasteiger partial charge in [-0.05, 0) is 11.1 Å². The highest BCUT2D eigenvalue weighted by molar-refractivity contribution is 5.36. The van der Waals surface area contributed by atoms with Crippen molar-refractivity contribution >= 4 is 0 Å². The van der Waals surface area contributed by atoms with Crippen molar-refractivity contribution < 1.29 is 0 Å². The van der Waals surface area contributed by atoms with Crippen LogP contribution in [-0.4, -0.2) is 0 Å². The molecule has 2 rings (SSSR count). The molecule has 110 valence electrons. The zero-order chi connectivity index (χ0) is 15.4. The molecule has 2 aromatic carbocycles. The molecular weight excluding hydrogens is 240 g/mol. The van der Waals surface area contributed by atoms with Gasteiger partial charge in [0.1, 0.15) is 0 Å². The van der Waals surface area contributed by atoms with Crippen molar-refractivity contribution in [3.63, 3.8) is 0 Å². The van der Waals surface area contributed by atoms with E-state index in [-0.39, 0.29) is 5.41 Å². The second kappa shape index (κ2) is 10.3. The van der Waals surface area contributed by atoms with Crippen LogP contribution >= 0.6 is 0 Å². The number of hydrogen-bond acceptors (Lipinski definition) is 0. The first-order chi connectivity index (χ1) is 9.62. The summed E-state index contributed by atoms with van der Waals surface area (Å²) in [5, 5.41) is 0. The first-order valence-corrected chi connectivity index (χ1v) is 7.74. The Morgan fingerprint density at radius 2 is 0.900 bits per heavy atom. The van der Waals surface area contributed by atoms with Crippen LogP contribution in [0, 0.1) is 0 Å². The Morgan fingerprint density at radius 3 is 1.15 bits per heavy atom. The van der Waals surface area contributed by atoms with Gasteiger partial charge in [-0.2, -0.15) is 0 Å². The van der Waals surface area contributed by atoms with E-state index in [1.54, 1.807) is 0 Å². The molecular formula is C20H30. The van der Waals surface area contributed by atoms with E-state index in [2.05, 4.69) is 88.4 Å². The van der Waals surface area contributed by atoms with Crippen LogP contribution in [-0.2, 0) is 5.41 Å². The molecule has 0 bridgehead atoms. The van der Waals surface area contributed by atoms with Crippen LogP contribution in [0.25, 0.3) is 0 Å². The average Bonchev–Trinajstić information content (AvgIpc) is 2.52. The van der Waals surface area contributed by atoms with Gasteiger partial charge >= 0.3 is 0 Å². The lowest BCUT2D eigenvalue weighted by molar-refractivity contribution is 0.641. The smallest absolute Gasteiger partial charge is 0.0146 e. The molecule has 0 saturated heterocycles. The Morgan fingerprint density at radius 1 is 0.650 bits per heavy atom. The third-order valence-electron chi connectivity index (χ3n) is 2.99. The summed E-state index contributed by atoms with van der Waals surface area (Å²) in [7, 11) is 0. The van der Waals surface area contributed by atoms with Crippen molar-refractivity contribution in [1.29, 1.82) is 0 Å². The average molecular weight is 270 g/mol. The fourth-order valence-corrected chi connectivity index (χ4v) is 1.88. The quantitative estimate of drug-likeness (QED) is 0.588. The summed E-state index contributed by atoms with van der Waals surface area (Å²) < 4.78 is 0. The molecule has 0 nitrogen and oxygen atoms in total. The van der Waals surface area contributed by atoms with Crippen LogP contribution in [0.1, 0.15) is 59.1 Å². The molecule has 0 atom stereocenters. The zero-order valence-electron chi connectivity index (χ0n) is 14.0. The summed E-state index contributed by atoms with van der Waals surface area (Å²) in [5.74, 6) is 0. The van der Waals surface area contributed by atoms with Gasteiger partial charge in [-0.15, -0.1) is 0 Å². The first kappa shape index (κ1) is 18.4. The first-order valence-electron chi connectivity index (χ1n) is 7.74. The maximum atomic E-state index is 2.26. The van der Waals surface area contributed by atoms with Crippen LogP contribution < -0.4 is 0 Å². The van der Waals surface area contributed by atoms with Crippen LogP contribution in [0.15, 0.2) is 60.7 Å². The van der Waals surface area contributed by atoms with Gasteiger partial charge in [0.25, 0.3) is 0 Å². The highest BCUT2D eigenvalue weighted by Gasteiger charge is 2.21. The minimum atomic E-state index is 0.0858. The van der Waals surface area contributed by atoms with Crippen LogP contribution in [0.4, 0.5) is 0 Å². The molecule has 0 heteroatoms. The van der Waals surface area contributed by atoms with Gasteiger partial charge in [0, 0.05) is 5.41 Å². The molecule has 0 radical (unpaired) electrons. The summed E-state index contributed by atoms with van der Waals surface area (Å²) in [6, 6.07) is 21.3. The van der Waals surface area contributed by atoms with Gasteiger partial charge in [0.15, 0.2) is 0 Å². The number of rotatable bonds is 2. The lowest BCUT2D eigenvalue weighted by Gasteiger charge is -2.25. The molecule has 2 aromatic rings. The van der Waals surface area contributed by atoms with Crippen molar-refractivity contribution in [2.24, 2.45) is 0 Å². The molecule has 0 unspecified atom stereocenters. The van der Waals surface area contributed by atoms with Crippen LogP contribution in [0.3, 0.4) is 0 Å². The molecule has 0 aliphatic rings. The molecule has 0 aliphatic carbocycles. The van der Waals surface area contributed by atoms with E-state index in [0.717, 1.165) is 0 Å². The van der Waals surface area contributed by atoms with E-state index in [1.807, 2.05) is 13.8 Å². The molecule has 0 N–H and O–H groups in total. The summed E-state index contributed by atoms with van der Waals surface area (Å²) in [5.41, 5.74) is 2.80. The predicted octanol–water partition coefficient (Wildman–Crippen LogP) is 6.46. The van der Waals surface area contributed by atoms with Gasteiger partial charge in [0.05, 0.1) is 0 Å². The predicted molar refractivity (Wildman–Crippen MR) is 92.3 cm³/mol. The second-order valence-corrected chi connectivity index (χ2v) is 5.06. The van der Waals surface area contributed by atoms with E-state index in [9.17, 15) is 0 Å². The van der Waals surface area contributed by atoms with Gasteiger partial charge in [-0.1, -0.05) is 109 Å². The number of hydrogen-bond donors (Lipinski definition) is 0. The van der Waals surface area contributed by atoms with Crippen LogP contribution in [0.2, 0.25) is 0 Å². The summed E-state index contributed by atoms with van der Waals surface area (Å²) >= 11 is 0. The second-order valence-electron chi connectivity index (χ2n) is 5.06. The Hall–Kier alpha value is -1.56. The largest absolute Gasteiger partial charge is 0.0683 e. The van der Waals surface area contributed by atoms with E-state index in [1.165, 1.54) is 17.5 Å². The van der Waals surface area contributed by atoms with Crippen molar-refractivity contribution in [2.45, 2.75) is 53.4 Å². The van der Waals surface area contributed by atoms with E-state index in [0.29, 0.717) is 0 Å². The normalized spacial score (nSPS) is 9.70. The molecule has 0 amide bonds. The van der Waals surface area contributed by atoms with E-state index < -0.39 is 0 Å². The lowest BCUT2D eigenvalue weighted by atomic mass is 9.78. The van der Waals surface area contributed by atoms with Crippen molar-refractivity contribution in [2.75, 3.05) is 0 Å². The van der Waals surface area contributed by atoms with Gasteiger partial charge in [0.2, 0.25) is 0 Å². The molecule has 0 aromatic heterocycles. The van der Waals surface area contributed by atoms with Crippen LogP contribution in [0.5, 0.6) is 0 Å². The van der Waals surface area contributed by atoms with Crippen molar-refractivity contribution in [1.82, 2.24) is 0 Å². The van der Waals surface area contributed by atoms with Crippen molar-refractivity contribution in [3.05, 3.63) is 71.8 Å². The molecule has 0 heterocycles. The Bertz CT molecular complexity index is 385. The maximum absolute atomic E-state index is 2.26. The van der Waals surface area contributed by atoms with Gasteiger partial charge in [-0.25, -0.2) is 0 Å². The van der Waals surface area contributed by atoms with Gasteiger partial charge in [-0.3, -0.25) is 0 Å². The third kappa shape index (κ3) is 5.61. The molecule has 0 fully saturated rings. The Labute approximate surface area is 125 Å². The summed E-state index contributed by atoms with van der Waals surface area (Å²) in [4.78, 5) is 0. The fraction of sp³-hybridized carbons (Fsp3) is 0.400. The Kier molecular flexibility index (Phi) is 9.45. The Balaban J connectivity index is 0.000000641. The fourth-order valence-electron chi connectivity index (χ4n) is 1.88. The topological polar surface area (TPSA) is 0 Å². The summed E-state index contributed by atoms with van der Waals surface area (Å²) in [6.07, 6.45) is 1.25. The highest BCUT2D eigenvalue weighted by Crippen LogP contribution is 2.30.